The molecule has 0 bridgehead atoms. The molecule has 0 saturated heterocycles. The van der Waals surface area contributed by atoms with Crippen LogP contribution in [0.1, 0.15) is 24.5 Å². The Kier molecular flexibility index (Phi) is 5.38. The molecule has 0 amide bonds. The number of nitrogens with one attached hydrogen (secondary N) is 2. The van der Waals surface area contributed by atoms with Gasteiger partial charge in [0.05, 0.1) is 11.3 Å². The molecule has 86 valence electrons. The molecule has 0 spiro atoms. The molecule has 0 unspecified atom stereocenters. The van der Waals surface area contributed by atoms with Crippen LogP contribution >= 0.6 is 0 Å². The fourth-order valence-corrected chi connectivity index (χ4v) is 1.49. The number of benzene rings is 1. The van der Waals surface area contributed by atoms with Gasteiger partial charge >= 0.3 is 0 Å². The summed E-state index contributed by atoms with van der Waals surface area (Å²) < 4.78 is 0. The lowest BCUT2D eigenvalue weighted by Crippen LogP contribution is -2.22. The van der Waals surface area contributed by atoms with E-state index in [1.165, 1.54) is 0 Å². The third-order valence-electron chi connectivity index (χ3n) is 2.34. The van der Waals surface area contributed by atoms with Crippen molar-refractivity contribution in [3.8, 4) is 6.07 Å². The van der Waals surface area contributed by atoms with Gasteiger partial charge in [-0.25, -0.2) is 0 Å². The van der Waals surface area contributed by atoms with E-state index in [1.807, 2.05) is 25.1 Å². The van der Waals surface area contributed by atoms with Gasteiger partial charge in [0.1, 0.15) is 6.07 Å². The Balaban J connectivity index is 2.45. The van der Waals surface area contributed by atoms with Crippen LogP contribution in [0.15, 0.2) is 18.2 Å². The van der Waals surface area contributed by atoms with E-state index in [0.717, 1.165) is 42.9 Å². The molecule has 0 aromatic heterocycles. The van der Waals surface area contributed by atoms with Gasteiger partial charge in [-0.2, -0.15) is 5.26 Å². The Morgan fingerprint density at radius 3 is 2.75 bits per heavy atom. The predicted molar refractivity (Wildman–Crippen MR) is 67.5 cm³/mol. The van der Waals surface area contributed by atoms with Crippen LogP contribution in [-0.2, 0) is 0 Å². The molecule has 16 heavy (non-hydrogen) atoms. The van der Waals surface area contributed by atoms with Crippen LogP contribution in [0.2, 0.25) is 0 Å². The third-order valence-corrected chi connectivity index (χ3v) is 2.34. The van der Waals surface area contributed by atoms with Gasteiger partial charge < -0.3 is 10.6 Å². The number of rotatable bonds is 6. The molecule has 1 aromatic carbocycles. The summed E-state index contributed by atoms with van der Waals surface area (Å²) in [5, 5.41) is 15.6. The van der Waals surface area contributed by atoms with E-state index < -0.39 is 0 Å². The molecule has 0 saturated carbocycles. The number of hydrogen-bond acceptors (Lipinski definition) is 3. The van der Waals surface area contributed by atoms with Crippen molar-refractivity contribution in [2.45, 2.75) is 20.3 Å². The maximum Gasteiger partial charge on any atom is 0.101 e. The Morgan fingerprint density at radius 2 is 2.06 bits per heavy atom. The molecule has 0 aliphatic rings. The second kappa shape index (κ2) is 6.86. The van der Waals surface area contributed by atoms with Crippen LogP contribution in [0, 0.1) is 18.3 Å². The van der Waals surface area contributed by atoms with Crippen LogP contribution in [0.25, 0.3) is 0 Å². The summed E-state index contributed by atoms with van der Waals surface area (Å²) in [5.74, 6) is 0. The van der Waals surface area contributed by atoms with E-state index in [4.69, 9.17) is 5.26 Å². The van der Waals surface area contributed by atoms with Crippen molar-refractivity contribution in [1.29, 1.82) is 5.26 Å². The van der Waals surface area contributed by atoms with Crippen molar-refractivity contribution in [3.63, 3.8) is 0 Å². The average molecular weight is 217 g/mol. The summed E-state index contributed by atoms with van der Waals surface area (Å²) >= 11 is 0. The number of hydrogen-bond donors (Lipinski definition) is 2. The van der Waals surface area contributed by atoms with E-state index in [2.05, 4.69) is 23.6 Å². The van der Waals surface area contributed by atoms with Gasteiger partial charge in [-0.05, 0) is 37.6 Å². The minimum absolute atomic E-state index is 0.718. The maximum atomic E-state index is 8.98. The minimum Gasteiger partial charge on any atom is -0.383 e. The summed E-state index contributed by atoms with van der Waals surface area (Å²) in [5.41, 5.74) is 2.76. The number of anilines is 1. The van der Waals surface area contributed by atoms with Crippen LogP contribution in [0.5, 0.6) is 0 Å². The molecule has 0 heterocycles. The summed E-state index contributed by atoms with van der Waals surface area (Å²) in [4.78, 5) is 0. The number of nitriles is 1. The first-order chi connectivity index (χ1) is 7.77. The average Bonchev–Trinajstić information content (AvgIpc) is 2.30. The van der Waals surface area contributed by atoms with E-state index in [0.29, 0.717) is 0 Å². The largest absolute Gasteiger partial charge is 0.383 e. The highest BCUT2D eigenvalue weighted by molar-refractivity contribution is 5.58. The van der Waals surface area contributed by atoms with E-state index >= 15 is 0 Å². The lowest BCUT2D eigenvalue weighted by Gasteiger charge is -2.09. The van der Waals surface area contributed by atoms with Crippen molar-refractivity contribution in [2.24, 2.45) is 0 Å². The van der Waals surface area contributed by atoms with Gasteiger partial charge in [0.15, 0.2) is 0 Å². The minimum atomic E-state index is 0.718. The second-order valence-corrected chi connectivity index (χ2v) is 3.84. The third kappa shape index (κ3) is 3.92. The molecule has 1 aromatic rings. The van der Waals surface area contributed by atoms with Crippen molar-refractivity contribution >= 4 is 5.69 Å². The van der Waals surface area contributed by atoms with Gasteiger partial charge in [0.25, 0.3) is 0 Å². The molecular weight excluding hydrogens is 198 g/mol. The Morgan fingerprint density at radius 1 is 1.25 bits per heavy atom. The van der Waals surface area contributed by atoms with Crippen LogP contribution in [-0.4, -0.2) is 19.6 Å². The van der Waals surface area contributed by atoms with Gasteiger partial charge in [0.2, 0.25) is 0 Å². The van der Waals surface area contributed by atoms with Crippen LogP contribution in [0.3, 0.4) is 0 Å². The highest BCUT2D eigenvalue weighted by atomic mass is 14.9. The predicted octanol–water partition coefficient (Wildman–Crippen LogP) is 2.28. The van der Waals surface area contributed by atoms with Crippen LogP contribution in [0.4, 0.5) is 5.69 Å². The summed E-state index contributed by atoms with van der Waals surface area (Å²) in [6.07, 6.45) is 1.15. The lowest BCUT2D eigenvalue weighted by molar-refractivity contribution is 0.688. The molecule has 0 aliphatic carbocycles. The summed E-state index contributed by atoms with van der Waals surface area (Å²) in [6, 6.07) is 8.09. The van der Waals surface area contributed by atoms with Crippen molar-refractivity contribution < 1.29 is 0 Å². The van der Waals surface area contributed by atoms with Gasteiger partial charge in [-0.1, -0.05) is 13.0 Å². The molecular formula is C13H19N3. The quantitative estimate of drug-likeness (QED) is 0.719. The fourth-order valence-electron chi connectivity index (χ4n) is 1.49. The number of aryl methyl sites for hydroxylation is 1. The smallest absolute Gasteiger partial charge is 0.101 e. The molecule has 3 nitrogen and oxygen atoms in total. The van der Waals surface area contributed by atoms with Gasteiger partial charge in [0, 0.05) is 13.1 Å². The number of nitrogens with zero attached hydrogens (tertiary/aromatic N) is 1. The highest BCUT2D eigenvalue weighted by Gasteiger charge is 2.00. The summed E-state index contributed by atoms with van der Waals surface area (Å²) in [7, 11) is 0. The molecule has 0 radical (unpaired) electrons. The maximum absolute atomic E-state index is 8.98. The highest BCUT2D eigenvalue weighted by Crippen LogP contribution is 2.15. The first kappa shape index (κ1) is 12.5. The fraction of sp³-hybridized carbons (Fsp3) is 0.462. The standard InChI is InChI=1S/C13H19N3/c1-3-6-15-7-8-16-13-5-4-11(2)9-12(13)10-14/h4-5,9,15-16H,3,6-8H2,1-2H3. The molecule has 1 rings (SSSR count). The Labute approximate surface area is 97.5 Å². The van der Waals surface area contributed by atoms with E-state index in [9.17, 15) is 0 Å². The molecule has 0 aliphatic heterocycles. The Bertz CT molecular complexity index is 366. The topological polar surface area (TPSA) is 47.8 Å². The summed E-state index contributed by atoms with van der Waals surface area (Å²) in [6.45, 7) is 6.95. The molecule has 0 fully saturated rings. The van der Waals surface area contributed by atoms with Crippen molar-refractivity contribution in [1.82, 2.24) is 5.32 Å². The Hall–Kier alpha value is -1.53. The first-order valence-corrected chi connectivity index (χ1v) is 5.73. The van der Waals surface area contributed by atoms with Crippen molar-refractivity contribution in [3.05, 3.63) is 29.3 Å². The lowest BCUT2D eigenvalue weighted by atomic mass is 10.1. The van der Waals surface area contributed by atoms with Gasteiger partial charge in [-0.3, -0.25) is 0 Å². The van der Waals surface area contributed by atoms with Crippen molar-refractivity contribution in [2.75, 3.05) is 25.0 Å². The zero-order valence-corrected chi connectivity index (χ0v) is 10.0. The zero-order chi connectivity index (χ0) is 11.8. The van der Waals surface area contributed by atoms with Gasteiger partial charge in [-0.15, -0.1) is 0 Å². The molecule has 3 heteroatoms. The first-order valence-electron chi connectivity index (χ1n) is 5.73. The van der Waals surface area contributed by atoms with Crippen LogP contribution < -0.4 is 10.6 Å². The second-order valence-electron chi connectivity index (χ2n) is 3.84. The van der Waals surface area contributed by atoms with E-state index in [1.54, 1.807) is 0 Å². The molecule has 2 N–H and O–H groups in total. The molecule has 0 atom stereocenters. The monoisotopic (exact) mass is 217 g/mol. The van der Waals surface area contributed by atoms with E-state index in [-0.39, 0.29) is 0 Å². The normalized spacial score (nSPS) is 9.81. The zero-order valence-electron chi connectivity index (χ0n) is 10.0. The SMILES string of the molecule is CCCNCCNc1ccc(C)cc1C#N.